The number of halogens is 2. The van der Waals surface area contributed by atoms with Crippen LogP contribution in [0.1, 0.15) is 10.4 Å². The number of pyridine rings is 1. The molecule has 29 heavy (non-hydrogen) atoms. The Bertz CT molecular complexity index is 972. The number of benzene rings is 2. The molecule has 3 aromatic rings. The van der Waals surface area contributed by atoms with Crippen LogP contribution in [0.25, 0.3) is 0 Å². The smallest absolute Gasteiger partial charge is 0.253 e. The zero-order valence-electron chi connectivity index (χ0n) is 15.3. The van der Waals surface area contributed by atoms with Gasteiger partial charge in [0.1, 0.15) is 24.3 Å². The topological polar surface area (TPSA) is 83.5 Å². The van der Waals surface area contributed by atoms with Crippen LogP contribution in [-0.2, 0) is 0 Å². The standard InChI is InChI=1S/C21H19FIN3O3/c22-18-10-14(23)6-7-19(18)26-20-12-24-9-8-17(20)21(28)25-11-15(27)13-29-16-4-2-1-3-5-16/h1-10,12,15,26-27H,11,13H2,(H,25,28). The number of aliphatic hydroxyl groups excluding tert-OH is 1. The zero-order chi connectivity index (χ0) is 20.6. The molecule has 1 aromatic heterocycles. The number of nitrogens with one attached hydrogen (secondary N) is 2. The van der Waals surface area contributed by atoms with E-state index < -0.39 is 17.8 Å². The summed E-state index contributed by atoms with van der Waals surface area (Å²) in [6, 6.07) is 15.4. The molecular weight excluding hydrogens is 488 g/mol. The van der Waals surface area contributed by atoms with E-state index in [0.29, 0.717) is 11.4 Å². The Kier molecular flexibility index (Phi) is 7.36. The first-order chi connectivity index (χ1) is 14.0. The highest BCUT2D eigenvalue weighted by Crippen LogP contribution is 2.23. The van der Waals surface area contributed by atoms with E-state index in [1.54, 1.807) is 24.3 Å². The van der Waals surface area contributed by atoms with Crippen molar-refractivity contribution in [3.63, 3.8) is 0 Å². The van der Waals surface area contributed by atoms with Crippen molar-refractivity contribution < 1.29 is 19.0 Å². The third kappa shape index (κ3) is 6.13. The summed E-state index contributed by atoms with van der Waals surface area (Å²) in [7, 11) is 0. The number of carbonyl (C=O) groups is 1. The van der Waals surface area contributed by atoms with Crippen LogP contribution in [0.3, 0.4) is 0 Å². The number of carbonyl (C=O) groups excluding carboxylic acids is 1. The summed E-state index contributed by atoms with van der Waals surface area (Å²) in [6.07, 6.45) is 2.03. The first-order valence-corrected chi connectivity index (χ1v) is 9.91. The van der Waals surface area contributed by atoms with Gasteiger partial charge in [0.15, 0.2) is 0 Å². The number of anilines is 2. The predicted molar refractivity (Wildman–Crippen MR) is 117 cm³/mol. The molecule has 150 valence electrons. The fourth-order valence-electron chi connectivity index (χ4n) is 2.50. The van der Waals surface area contributed by atoms with Crippen LogP contribution in [0.5, 0.6) is 5.75 Å². The molecule has 1 atom stereocenters. The van der Waals surface area contributed by atoms with Crippen molar-refractivity contribution in [3.05, 3.63) is 81.9 Å². The lowest BCUT2D eigenvalue weighted by Crippen LogP contribution is -2.35. The number of aliphatic hydroxyl groups is 1. The van der Waals surface area contributed by atoms with E-state index in [1.165, 1.54) is 24.5 Å². The van der Waals surface area contributed by atoms with Gasteiger partial charge < -0.3 is 20.5 Å². The Hall–Kier alpha value is -2.72. The number of para-hydroxylation sites is 1. The van der Waals surface area contributed by atoms with Crippen LogP contribution in [0, 0.1) is 9.39 Å². The Labute approximate surface area is 181 Å². The summed E-state index contributed by atoms with van der Waals surface area (Å²) in [5.41, 5.74) is 0.887. The van der Waals surface area contributed by atoms with E-state index in [2.05, 4.69) is 15.6 Å². The minimum atomic E-state index is -0.883. The van der Waals surface area contributed by atoms with Gasteiger partial charge in [-0.15, -0.1) is 0 Å². The van der Waals surface area contributed by atoms with Crippen LogP contribution in [0.4, 0.5) is 15.8 Å². The van der Waals surface area contributed by atoms with Gasteiger partial charge in [-0.3, -0.25) is 9.78 Å². The Morgan fingerprint density at radius 3 is 2.72 bits per heavy atom. The van der Waals surface area contributed by atoms with E-state index >= 15 is 0 Å². The lowest BCUT2D eigenvalue weighted by molar-refractivity contribution is 0.0844. The molecule has 8 heteroatoms. The molecule has 3 rings (SSSR count). The molecule has 0 aliphatic heterocycles. The monoisotopic (exact) mass is 507 g/mol. The summed E-state index contributed by atoms with van der Waals surface area (Å²) >= 11 is 2.02. The molecule has 0 spiro atoms. The van der Waals surface area contributed by atoms with Crippen molar-refractivity contribution in [2.75, 3.05) is 18.5 Å². The van der Waals surface area contributed by atoms with Crippen LogP contribution < -0.4 is 15.4 Å². The van der Waals surface area contributed by atoms with Gasteiger partial charge in [0.2, 0.25) is 0 Å². The number of ether oxygens (including phenoxy) is 1. The molecular formula is C21H19FIN3O3. The zero-order valence-corrected chi connectivity index (χ0v) is 17.5. The van der Waals surface area contributed by atoms with Crippen molar-refractivity contribution in [1.82, 2.24) is 10.3 Å². The Morgan fingerprint density at radius 2 is 1.97 bits per heavy atom. The number of aromatic nitrogens is 1. The van der Waals surface area contributed by atoms with Crippen LogP contribution in [0.2, 0.25) is 0 Å². The maximum atomic E-state index is 14.1. The van der Waals surface area contributed by atoms with Crippen molar-refractivity contribution in [1.29, 1.82) is 0 Å². The van der Waals surface area contributed by atoms with Crippen LogP contribution in [-0.4, -0.2) is 35.3 Å². The highest BCUT2D eigenvalue weighted by atomic mass is 127. The highest BCUT2D eigenvalue weighted by molar-refractivity contribution is 14.1. The third-order valence-electron chi connectivity index (χ3n) is 3.95. The predicted octanol–water partition coefficient (Wildman–Crippen LogP) is 3.74. The number of hydrogen-bond donors (Lipinski definition) is 3. The molecule has 1 amide bonds. The molecule has 0 saturated heterocycles. The summed E-state index contributed by atoms with van der Waals surface area (Å²) in [6.45, 7) is 0.0466. The summed E-state index contributed by atoms with van der Waals surface area (Å²) in [5, 5.41) is 15.6. The highest BCUT2D eigenvalue weighted by Gasteiger charge is 2.15. The number of nitrogens with zero attached hydrogens (tertiary/aromatic N) is 1. The summed E-state index contributed by atoms with van der Waals surface area (Å²) < 4.78 is 20.3. The van der Waals surface area contributed by atoms with Crippen molar-refractivity contribution in [2.45, 2.75) is 6.10 Å². The van der Waals surface area contributed by atoms with Gasteiger partial charge >= 0.3 is 0 Å². The average molecular weight is 507 g/mol. The lowest BCUT2D eigenvalue weighted by Gasteiger charge is -2.15. The van der Waals surface area contributed by atoms with Crippen molar-refractivity contribution >= 4 is 39.9 Å². The first kappa shape index (κ1) is 21.0. The van der Waals surface area contributed by atoms with Crippen LogP contribution >= 0.6 is 22.6 Å². The largest absolute Gasteiger partial charge is 0.491 e. The number of hydrogen-bond acceptors (Lipinski definition) is 5. The average Bonchev–Trinajstić information content (AvgIpc) is 2.73. The molecule has 0 radical (unpaired) electrons. The lowest BCUT2D eigenvalue weighted by atomic mass is 10.2. The van der Waals surface area contributed by atoms with Gasteiger partial charge in [-0.05, 0) is 59.0 Å². The molecule has 1 heterocycles. The molecule has 3 N–H and O–H groups in total. The van der Waals surface area contributed by atoms with E-state index in [0.717, 1.165) is 3.57 Å². The molecule has 0 aliphatic rings. The van der Waals surface area contributed by atoms with Gasteiger partial charge in [0.25, 0.3) is 5.91 Å². The maximum Gasteiger partial charge on any atom is 0.253 e. The van der Waals surface area contributed by atoms with Gasteiger partial charge in [-0.2, -0.15) is 0 Å². The fourth-order valence-corrected chi connectivity index (χ4v) is 2.96. The second kappa shape index (κ2) is 10.2. The minimum absolute atomic E-state index is 0.00528. The molecule has 0 bridgehead atoms. The van der Waals surface area contributed by atoms with E-state index in [1.807, 2.05) is 40.8 Å². The second-order valence-corrected chi connectivity index (χ2v) is 7.40. The molecule has 0 aliphatic carbocycles. The van der Waals surface area contributed by atoms with Crippen molar-refractivity contribution in [3.8, 4) is 5.75 Å². The quantitative estimate of drug-likeness (QED) is 0.405. The van der Waals surface area contributed by atoms with E-state index in [-0.39, 0.29) is 24.4 Å². The molecule has 0 fully saturated rings. The van der Waals surface area contributed by atoms with Gasteiger partial charge in [-0.25, -0.2) is 4.39 Å². The van der Waals surface area contributed by atoms with Gasteiger partial charge in [-0.1, -0.05) is 18.2 Å². The second-order valence-electron chi connectivity index (χ2n) is 6.16. The molecule has 0 saturated carbocycles. The fraction of sp³-hybridized carbons (Fsp3) is 0.143. The molecule has 2 aromatic carbocycles. The SMILES string of the molecule is O=C(NCC(O)COc1ccccc1)c1ccncc1Nc1ccc(I)cc1F. The molecule has 6 nitrogen and oxygen atoms in total. The number of amides is 1. The Morgan fingerprint density at radius 1 is 1.17 bits per heavy atom. The van der Waals surface area contributed by atoms with Crippen molar-refractivity contribution in [2.24, 2.45) is 0 Å². The first-order valence-electron chi connectivity index (χ1n) is 8.83. The summed E-state index contributed by atoms with van der Waals surface area (Å²) in [4.78, 5) is 16.5. The van der Waals surface area contributed by atoms with E-state index in [4.69, 9.17) is 4.74 Å². The maximum absolute atomic E-state index is 14.1. The van der Waals surface area contributed by atoms with Gasteiger partial charge in [0, 0.05) is 16.3 Å². The Balaban J connectivity index is 1.59. The van der Waals surface area contributed by atoms with E-state index in [9.17, 15) is 14.3 Å². The summed E-state index contributed by atoms with van der Waals surface area (Å²) in [5.74, 6) is -0.210. The normalized spacial score (nSPS) is 11.6. The minimum Gasteiger partial charge on any atom is -0.491 e. The molecule has 1 unspecified atom stereocenters. The third-order valence-corrected chi connectivity index (χ3v) is 4.62. The van der Waals surface area contributed by atoms with Crippen LogP contribution in [0.15, 0.2) is 67.0 Å². The van der Waals surface area contributed by atoms with Gasteiger partial charge in [0.05, 0.1) is 23.1 Å². The number of rotatable bonds is 8.